The van der Waals surface area contributed by atoms with Gasteiger partial charge in [-0.05, 0) is 13.3 Å². The van der Waals surface area contributed by atoms with Crippen LogP contribution in [-0.2, 0) is 20.4 Å². The van der Waals surface area contributed by atoms with E-state index in [1.807, 2.05) is 13.8 Å². The van der Waals surface area contributed by atoms with Crippen LogP contribution in [0.3, 0.4) is 0 Å². The number of nitrogens with zero attached hydrogens (tertiary/aromatic N) is 1. The Labute approximate surface area is 98.0 Å². The highest BCUT2D eigenvalue weighted by Crippen LogP contribution is 2.10. The van der Waals surface area contributed by atoms with Crippen LogP contribution in [0, 0.1) is 0 Å². The zero-order valence-electron chi connectivity index (χ0n) is 9.86. The van der Waals surface area contributed by atoms with Crippen LogP contribution in [0.15, 0.2) is 0 Å². The van der Waals surface area contributed by atoms with Crippen LogP contribution < -0.4 is 5.32 Å². The molecule has 0 aromatic heterocycles. The quantitative estimate of drug-likeness (QED) is 0.726. The monoisotopic (exact) mass is 246 g/mol. The largest absolute Gasteiger partial charge is 0.343 e. The minimum absolute atomic E-state index is 0.0694. The summed E-state index contributed by atoms with van der Waals surface area (Å²) in [5.41, 5.74) is 0. The highest BCUT2D eigenvalue weighted by Gasteiger charge is 2.34. The van der Waals surface area contributed by atoms with Crippen molar-refractivity contribution < 1.29 is 13.8 Å². The minimum Gasteiger partial charge on any atom is -0.343 e. The summed E-state index contributed by atoms with van der Waals surface area (Å²) in [4.78, 5) is 24.9. The number of carbonyl (C=O) groups is 2. The van der Waals surface area contributed by atoms with E-state index in [1.54, 1.807) is 6.26 Å². The number of nitrogens with one attached hydrogen (secondary N) is 1. The number of amides is 2. The molecule has 16 heavy (non-hydrogen) atoms. The highest BCUT2D eigenvalue weighted by molar-refractivity contribution is 7.84. The van der Waals surface area contributed by atoms with E-state index in [1.165, 1.54) is 4.90 Å². The van der Waals surface area contributed by atoms with E-state index >= 15 is 0 Å². The standard InChI is InChI=1S/C10H18N2O3S/c1-4-8-10(14)12(5-9(13)11-8)7(2)6-16(3)15/h7-8H,4-6H2,1-3H3,(H,11,13). The summed E-state index contributed by atoms with van der Waals surface area (Å²) in [6, 6.07) is -0.576. The SMILES string of the molecule is CCC1NC(=O)CN(C(C)CS(C)=O)C1=O. The van der Waals surface area contributed by atoms with Gasteiger partial charge in [0.05, 0.1) is 6.54 Å². The van der Waals surface area contributed by atoms with E-state index in [9.17, 15) is 13.8 Å². The summed E-state index contributed by atoms with van der Waals surface area (Å²) in [5.74, 6) is 0.204. The van der Waals surface area contributed by atoms with Crippen LogP contribution in [0.4, 0.5) is 0 Å². The molecule has 1 heterocycles. The molecule has 5 nitrogen and oxygen atoms in total. The van der Waals surface area contributed by atoms with Crippen molar-refractivity contribution >= 4 is 22.6 Å². The summed E-state index contributed by atoms with van der Waals surface area (Å²) >= 11 is 0. The van der Waals surface area contributed by atoms with E-state index in [0.29, 0.717) is 12.2 Å². The molecule has 2 amide bonds. The van der Waals surface area contributed by atoms with Gasteiger partial charge >= 0.3 is 0 Å². The van der Waals surface area contributed by atoms with Crippen molar-refractivity contribution in [1.82, 2.24) is 10.2 Å². The van der Waals surface area contributed by atoms with E-state index < -0.39 is 16.8 Å². The topological polar surface area (TPSA) is 66.5 Å². The first-order valence-electron chi connectivity index (χ1n) is 5.35. The Kier molecular flexibility index (Phi) is 4.46. The molecule has 1 aliphatic rings. The van der Waals surface area contributed by atoms with Gasteiger partial charge in [-0.3, -0.25) is 13.8 Å². The average Bonchev–Trinajstić information content (AvgIpc) is 2.19. The smallest absolute Gasteiger partial charge is 0.245 e. The molecule has 0 saturated carbocycles. The van der Waals surface area contributed by atoms with Gasteiger partial charge in [0.2, 0.25) is 11.8 Å². The number of carbonyl (C=O) groups excluding carboxylic acids is 2. The summed E-state index contributed by atoms with van der Waals surface area (Å²) in [7, 11) is -0.962. The van der Waals surface area contributed by atoms with Crippen molar-refractivity contribution in [2.45, 2.75) is 32.4 Å². The second-order valence-corrected chi connectivity index (χ2v) is 5.56. The van der Waals surface area contributed by atoms with Crippen LogP contribution in [0.5, 0.6) is 0 Å². The molecular formula is C10H18N2O3S. The predicted octanol–water partition coefficient (Wildman–Crippen LogP) is -0.510. The van der Waals surface area contributed by atoms with Gasteiger partial charge in [0.15, 0.2) is 0 Å². The van der Waals surface area contributed by atoms with Crippen molar-refractivity contribution in [3.05, 3.63) is 0 Å². The fourth-order valence-corrected chi connectivity index (χ4v) is 2.67. The molecule has 1 rings (SSSR count). The maximum absolute atomic E-state index is 11.9. The normalized spacial score (nSPS) is 25.2. The van der Waals surface area contributed by atoms with Crippen molar-refractivity contribution in [1.29, 1.82) is 0 Å². The van der Waals surface area contributed by atoms with Gasteiger partial charge in [0.1, 0.15) is 6.04 Å². The van der Waals surface area contributed by atoms with Gasteiger partial charge < -0.3 is 10.2 Å². The average molecular weight is 246 g/mol. The highest BCUT2D eigenvalue weighted by atomic mass is 32.2. The first-order chi connectivity index (χ1) is 7.45. The van der Waals surface area contributed by atoms with Gasteiger partial charge in [-0.15, -0.1) is 0 Å². The fraction of sp³-hybridized carbons (Fsp3) is 0.800. The molecule has 1 fully saturated rings. The van der Waals surface area contributed by atoms with Crippen LogP contribution in [0.1, 0.15) is 20.3 Å². The zero-order chi connectivity index (χ0) is 12.3. The third-order valence-electron chi connectivity index (χ3n) is 2.65. The third-order valence-corrected chi connectivity index (χ3v) is 3.60. The van der Waals surface area contributed by atoms with E-state index in [-0.39, 0.29) is 24.4 Å². The lowest BCUT2D eigenvalue weighted by Crippen LogP contribution is -2.60. The van der Waals surface area contributed by atoms with Crippen LogP contribution in [-0.4, -0.2) is 51.6 Å². The molecule has 0 aliphatic carbocycles. The first-order valence-corrected chi connectivity index (χ1v) is 7.08. The van der Waals surface area contributed by atoms with Gasteiger partial charge in [0, 0.05) is 28.9 Å². The van der Waals surface area contributed by atoms with Crippen LogP contribution >= 0.6 is 0 Å². The number of piperazine rings is 1. The van der Waals surface area contributed by atoms with Gasteiger partial charge in [0.25, 0.3) is 0 Å². The summed E-state index contributed by atoms with van der Waals surface area (Å²) in [6.45, 7) is 3.76. The van der Waals surface area contributed by atoms with Gasteiger partial charge in [-0.1, -0.05) is 6.92 Å². The van der Waals surface area contributed by atoms with Crippen molar-refractivity contribution in [2.75, 3.05) is 18.6 Å². The lowest BCUT2D eigenvalue weighted by molar-refractivity contribution is -0.145. The van der Waals surface area contributed by atoms with Crippen LogP contribution in [0.25, 0.3) is 0 Å². The van der Waals surface area contributed by atoms with Crippen LogP contribution in [0.2, 0.25) is 0 Å². The second-order valence-electron chi connectivity index (χ2n) is 4.08. The summed E-state index contributed by atoms with van der Waals surface area (Å²) < 4.78 is 11.1. The molecule has 0 bridgehead atoms. The minimum atomic E-state index is -0.962. The molecule has 0 spiro atoms. The number of rotatable bonds is 4. The Hall–Kier alpha value is -0.910. The fourth-order valence-electron chi connectivity index (χ4n) is 1.81. The summed E-state index contributed by atoms with van der Waals surface area (Å²) in [5, 5.41) is 2.65. The molecule has 0 aromatic rings. The van der Waals surface area contributed by atoms with E-state index in [0.717, 1.165) is 0 Å². The van der Waals surface area contributed by atoms with Crippen molar-refractivity contribution in [2.24, 2.45) is 0 Å². The van der Waals surface area contributed by atoms with E-state index in [4.69, 9.17) is 0 Å². The Bertz CT molecular complexity index is 319. The van der Waals surface area contributed by atoms with E-state index in [2.05, 4.69) is 5.32 Å². The molecule has 1 N–H and O–H groups in total. The molecule has 1 saturated heterocycles. The molecule has 92 valence electrons. The maximum Gasteiger partial charge on any atom is 0.245 e. The molecule has 0 radical (unpaired) electrons. The predicted molar refractivity (Wildman–Crippen MR) is 62.3 cm³/mol. The molecule has 0 aromatic carbocycles. The second kappa shape index (κ2) is 5.43. The molecular weight excluding hydrogens is 228 g/mol. The Morgan fingerprint density at radius 1 is 1.56 bits per heavy atom. The maximum atomic E-state index is 11.9. The Morgan fingerprint density at radius 2 is 2.19 bits per heavy atom. The van der Waals surface area contributed by atoms with Gasteiger partial charge in [-0.25, -0.2) is 0 Å². The molecule has 3 atom stereocenters. The summed E-state index contributed by atoms with van der Waals surface area (Å²) in [6.07, 6.45) is 2.19. The van der Waals surface area contributed by atoms with Crippen molar-refractivity contribution in [3.63, 3.8) is 0 Å². The number of hydrogen-bond acceptors (Lipinski definition) is 3. The molecule has 3 unspecified atom stereocenters. The number of hydrogen-bond donors (Lipinski definition) is 1. The zero-order valence-corrected chi connectivity index (χ0v) is 10.7. The Morgan fingerprint density at radius 3 is 2.69 bits per heavy atom. The first kappa shape index (κ1) is 13.2. The molecule has 6 heteroatoms. The van der Waals surface area contributed by atoms with Gasteiger partial charge in [-0.2, -0.15) is 0 Å². The molecule has 1 aliphatic heterocycles. The third kappa shape index (κ3) is 3.04. The lowest BCUT2D eigenvalue weighted by atomic mass is 10.1. The Balaban J connectivity index is 2.73. The van der Waals surface area contributed by atoms with Crippen molar-refractivity contribution in [3.8, 4) is 0 Å². The lowest BCUT2D eigenvalue weighted by Gasteiger charge is -2.35.